The molecule has 1 heterocycles. The van der Waals surface area contributed by atoms with Crippen molar-refractivity contribution >= 4 is 28.2 Å². The van der Waals surface area contributed by atoms with E-state index in [9.17, 15) is 22.0 Å². The zero-order chi connectivity index (χ0) is 16.4. The predicted molar refractivity (Wildman–Crippen MR) is 85.1 cm³/mol. The quantitative estimate of drug-likeness (QED) is 0.836. The molecule has 1 aromatic carbocycles. The third-order valence-corrected chi connectivity index (χ3v) is 6.00. The SMILES string of the molecule is CS(=O)(=O)C1(C(=O)NCc2cc(F)ccc2F)CCNCC1.Cl. The molecule has 130 valence electrons. The number of carbonyl (C=O) groups excluding carboxylic acids is 1. The van der Waals surface area contributed by atoms with Crippen LogP contribution in [0, 0.1) is 11.6 Å². The minimum absolute atomic E-state index is 0. The van der Waals surface area contributed by atoms with Gasteiger partial charge in [-0.3, -0.25) is 4.79 Å². The van der Waals surface area contributed by atoms with Crippen LogP contribution >= 0.6 is 12.4 Å². The number of hydrogen-bond donors (Lipinski definition) is 2. The maximum atomic E-state index is 13.5. The second kappa shape index (κ2) is 7.55. The van der Waals surface area contributed by atoms with E-state index in [1.54, 1.807) is 0 Å². The summed E-state index contributed by atoms with van der Waals surface area (Å²) in [6, 6.07) is 2.92. The Morgan fingerprint density at radius 1 is 1.30 bits per heavy atom. The number of rotatable bonds is 4. The fourth-order valence-electron chi connectivity index (χ4n) is 2.61. The van der Waals surface area contributed by atoms with Crippen molar-refractivity contribution in [2.24, 2.45) is 0 Å². The van der Waals surface area contributed by atoms with Crippen molar-refractivity contribution in [2.45, 2.75) is 24.1 Å². The maximum Gasteiger partial charge on any atom is 0.241 e. The van der Waals surface area contributed by atoms with Gasteiger partial charge in [-0.1, -0.05) is 0 Å². The molecule has 0 spiro atoms. The molecular weight excluding hydrogens is 350 g/mol. The summed E-state index contributed by atoms with van der Waals surface area (Å²) in [5.74, 6) is -1.94. The van der Waals surface area contributed by atoms with Crippen molar-refractivity contribution < 1.29 is 22.0 Å². The van der Waals surface area contributed by atoms with Crippen LogP contribution < -0.4 is 10.6 Å². The molecule has 1 aliphatic heterocycles. The molecule has 2 N–H and O–H groups in total. The van der Waals surface area contributed by atoms with Crippen molar-refractivity contribution in [1.82, 2.24) is 10.6 Å². The van der Waals surface area contributed by atoms with Crippen LogP contribution in [0.3, 0.4) is 0 Å². The van der Waals surface area contributed by atoms with Crippen LogP contribution in [0.2, 0.25) is 0 Å². The lowest BCUT2D eigenvalue weighted by atomic mass is 9.95. The Morgan fingerprint density at radius 2 is 1.91 bits per heavy atom. The van der Waals surface area contributed by atoms with Crippen molar-refractivity contribution in [1.29, 1.82) is 0 Å². The standard InChI is InChI=1S/C14H18F2N2O3S.ClH/c1-22(20,21)14(4-6-17-7-5-14)13(19)18-9-10-8-11(15)2-3-12(10)16;/h2-3,8,17H,4-7,9H2,1H3,(H,18,19);1H. The highest BCUT2D eigenvalue weighted by atomic mass is 35.5. The molecule has 1 aromatic rings. The topological polar surface area (TPSA) is 75.3 Å². The summed E-state index contributed by atoms with van der Waals surface area (Å²) in [6.45, 7) is 0.566. The molecule has 1 amide bonds. The highest BCUT2D eigenvalue weighted by Gasteiger charge is 2.48. The molecule has 0 aliphatic carbocycles. The Balaban J connectivity index is 0.00000264. The molecule has 5 nitrogen and oxygen atoms in total. The monoisotopic (exact) mass is 368 g/mol. The van der Waals surface area contributed by atoms with E-state index in [0.717, 1.165) is 24.5 Å². The van der Waals surface area contributed by atoms with Gasteiger partial charge in [-0.25, -0.2) is 17.2 Å². The van der Waals surface area contributed by atoms with Crippen LogP contribution in [-0.4, -0.2) is 38.4 Å². The van der Waals surface area contributed by atoms with Gasteiger partial charge >= 0.3 is 0 Å². The number of nitrogens with one attached hydrogen (secondary N) is 2. The van der Waals surface area contributed by atoms with E-state index in [-0.39, 0.29) is 37.4 Å². The van der Waals surface area contributed by atoms with E-state index in [0.29, 0.717) is 13.1 Å². The minimum atomic E-state index is -3.63. The number of piperidine rings is 1. The molecule has 0 aromatic heterocycles. The zero-order valence-electron chi connectivity index (χ0n) is 12.6. The molecule has 0 saturated carbocycles. The molecule has 0 radical (unpaired) electrons. The Labute approximate surface area is 140 Å². The molecule has 9 heteroatoms. The number of sulfone groups is 1. The van der Waals surface area contributed by atoms with Crippen LogP contribution in [-0.2, 0) is 21.2 Å². The second-order valence-corrected chi connectivity index (χ2v) is 7.76. The van der Waals surface area contributed by atoms with Gasteiger partial charge in [0, 0.05) is 18.4 Å². The third kappa shape index (κ3) is 4.19. The zero-order valence-corrected chi connectivity index (χ0v) is 14.2. The smallest absolute Gasteiger partial charge is 0.241 e. The number of benzene rings is 1. The van der Waals surface area contributed by atoms with Gasteiger partial charge in [0.05, 0.1) is 0 Å². The van der Waals surface area contributed by atoms with Gasteiger partial charge in [0.1, 0.15) is 11.6 Å². The van der Waals surface area contributed by atoms with Crippen LogP contribution in [0.1, 0.15) is 18.4 Å². The highest BCUT2D eigenvalue weighted by Crippen LogP contribution is 2.28. The van der Waals surface area contributed by atoms with E-state index in [1.807, 2.05) is 0 Å². The number of hydrogen-bond acceptors (Lipinski definition) is 4. The summed E-state index contributed by atoms with van der Waals surface area (Å²) >= 11 is 0. The Bertz CT molecular complexity index is 677. The van der Waals surface area contributed by atoms with Gasteiger partial charge in [0.2, 0.25) is 5.91 Å². The molecule has 23 heavy (non-hydrogen) atoms. The molecule has 2 rings (SSSR count). The fourth-order valence-corrected chi connectivity index (χ4v) is 3.97. The van der Waals surface area contributed by atoms with Gasteiger partial charge in [-0.05, 0) is 44.1 Å². The number of halogens is 3. The Kier molecular flexibility index (Phi) is 6.49. The first-order valence-corrected chi connectivity index (χ1v) is 8.78. The molecule has 0 atom stereocenters. The van der Waals surface area contributed by atoms with Gasteiger partial charge in [-0.2, -0.15) is 0 Å². The van der Waals surface area contributed by atoms with Crippen LogP contribution in [0.4, 0.5) is 8.78 Å². The highest BCUT2D eigenvalue weighted by molar-refractivity contribution is 7.92. The molecule has 0 unspecified atom stereocenters. The lowest BCUT2D eigenvalue weighted by Gasteiger charge is -2.34. The molecule has 1 fully saturated rings. The summed E-state index contributed by atoms with van der Waals surface area (Å²) in [4.78, 5) is 12.4. The van der Waals surface area contributed by atoms with Gasteiger partial charge in [-0.15, -0.1) is 12.4 Å². The number of amides is 1. The lowest BCUT2D eigenvalue weighted by Crippen LogP contribution is -2.57. The first kappa shape index (κ1) is 19.8. The van der Waals surface area contributed by atoms with Gasteiger partial charge in [0.25, 0.3) is 0 Å². The maximum absolute atomic E-state index is 13.5. The van der Waals surface area contributed by atoms with Gasteiger partial charge in [0.15, 0.2) is 14.6 Å². The first-order chi connectivity index (χ1) is 10.3. The fraction of sp³-hybridized carbons (Fsp3) is 0.500. The predicted octanol–water partition coefficient (Wildman–Crippen LogP) is 1.17. The van der Waals surface area contributed by atoms with E-state index in [4.69, 9.17) is 0 Å². The van der Waals surface area contributed by atoms with E-state index in [1.165, 1.54) is 0 Å². The number of carbonyl (C=O) groups is 1. The minimum Gasteiger partial charge on any atom is -0.351 e. The van der Waals surface area contributed by atoms with Crippen molar-refractivity contribution in [3.8, 4) is 0 Å². The normalized spacial score (nSPS) is 17.2. The van der Waals surface area contributed by atoms with Crippen LogP contribution in [0.25, 0.3) is 0 Å². The Hall–Kier alpha value is -1.25. The van der Waals surface area contributed by atoms with Crippen LogP contribution in [0.15, 0.2) is 18.2 Å². The largest absolute Gasteiger partial charge is 0.351 e. The molecule has 0 bridgehead atoms. The average molecular weight is 369 g/mol. The Morgan fingerprint density at radius 3 is 2.48 bits per heavy atom. The van der Waals surface area contributed by atoms with Crippen molar-refractivity contribution in [3.63, 3.8) is 0 Å². The summed E-state index contributed by atoms with van der Waals surface area (Å²) in [7, 11) is -3.63. The van der Waals surface area contributed by atoms with Crippen LogP contribution in [0.5, 0.6) is 0 Å². The molecule has 1 aliphatic rings. The van der Waals surface area contributed by atoms with E-state index < -0.39 is 32.1 Å². The summed E-state index contributed by atoms with van der Waals surface area (Å²) in [6.07, 6.45) is 1.34. The first-order valence-electron chi connectivity index (χ1n) is 6.89. The second-order valence-electron chi connectivity index (χ2n) is 5.43. The average Bonchev–Trinajstić information content (AvgIpc) is 2.47. The van der Waals surface area contributed by atoms with Crippen molar-refractivity contribution in [3.05, 3.63) is 35.4 Å². The summed E-state index contributed by atoms with van der Waals surface area (Å²) < 4.78 is 49.3. The molecule has 1 saturated heterocycles. The third-order valence-electron chi connectivity index (χ3n) is 3.98. The van der Waals surface area contributed by atoms with E-state index in [2.05, 4.69) is 10.6 Å². The lowest BCUT2D eigenvalue weighted by molar-refractivity contribution is -0.124. The van der Waals surface area contributed by atoms with E-state index >= 15 is 0 Å². The summed E-state index contributed by atoms with van der Waals surface area (Å²) in [5, 5.41) is 5.43. The molecular formula is C14H19ClF2N2O3S. The van der Waals surface area contributed by atoms with Gasteiger partial charge < -0.3 is 10.6 Å². The summed E-state index contributed by atoms with van der Waals surface area (Å²) in [5.41, 5.74) is -0.0223. The van der Waals surface area contributed by atoms with Crippen molar-refractivity contribution in [2.75, 3.05) is 19.3 Å².